The van der Waals surface area contributed by atoms with Crippen molar-refractivity contribution in [1.82, 2.24) is 0 Å². The second kappa shape index (κ2) is 21.1. The van der Waals surface area contributed by atoms with Crippen molar-refractivity contribution in [3.8, 4) is 51.7 Å². The first-order chi connectivity index (χ1) is 23.0. The third kappa shape index (κ3) is 11.9. The van der Waals surface area contributed by atoms with E-state index in [-0.39, 0.29) is 34.5 Å². The van der Waals surface area contributed by atoms with Crippen LogP contribution in [0.3, 0.4) is 0 Å². The van der Waals surface area contributed by atoms with Gasteiger partial charge in [0.15, 0.2) is 52.3 Å². The molecule has 0 radical (unpaired) electrons. The molecule has 4 aromatic carbocycles. The van der Waals surface area contributed by atoms with Crippen LogP contribution in [0.5, 0.6) is 51.7 Å². The van der Waals surface area contributed by atoms with Gasteiger partial charge in [0, 0.05) is 22.3 Å². The quantitative estimate of drug-likeness (QED) is 0.139. The average molecular weight is 732 g/mol. The minimum absolute atomic E-state index is 0.0166. The maximum atomic E-state index is 10.5. The lowest BCUT2D eigenvalue weighted by atomic mass is 10.2. The van der Waals surface area contributed by atoms with Crippen LogP contribution in [-0.4, -0.2) is 80.6 Å². The number of rotatable bonds is 10. The summed E-state index contributed by atoms with van der Waals surface area (Å²) in [5, 5.41) is 37.2. The van der Waals surface area contributed by atoms with Crippen molar-refractivity contribution in [2.24, 2.45) is 0 Å². The molecular formula is C34H35BrO13. The second-order valence-corrected chi connectivity index (χ2v) is 9.65. The highest BCUT2D eigenvalue weighted by Crippen LogP contribution is 2.37. The Morgan fingerprint density at radius 2 is 1.02 bits per heavy atom. The Morgan fingerprint density at radius 1 is 0.542 bits per heavy atom. The molecule has 0 bridgehead atoms. The third-order valence-electron chi connectivity index (χ3n) is 5.85. The minimum atomic E-state index is -0.101. The lowest BCUT2D eigenvalue weighted by Gasteiger charge is -2.08. The number of methoxy groups -OCH3 is 4. The van der Waals surface area contributed by atoms with Crippen LogP contribution in [0.25, 0.3) is 0 Å². The van der Waals surface area contributed by atoms with Gasteiger partial charge in [-0.05, 0) is 83.5 Å². The number of aldehydes is 4. The highest BCUT2D eigenvalue weighted by atomic mass is 79.9. The van der Waals surface area contributed by atoms with E-state index in [1.165, 1.54) is 70.9 Å². The van der Waals surface area contributed by atoms with Crippen LogP contribution in [-0.2, 0) is 0 Å². The summed E-state index contributed by atoms with van der Waals surface area (Å²) in [7, 11) is 5.71. The molecule has 13 nitrogen and oxygen atoms in total. The molecule has 14 heteroatoms. The largest absolute Gasteiger partial charge is 0.504 e. The number of aromatic hydroxyl groups is 4. The molecular weight excluding hydrogens is 696 g/mol. The molecule has 48 heavy (non-hydrogen) atoms. The van der Waals surface area contributed by atoms with Gasteiger partial charge < -0.3 is 44.1 Å². The first-order valence-corrected chi connectivity index (χ1v) is 14.4. The van der Waals surface area contributed by atoms with E-state index < -0.39 is 0 Å². The number of benzene rings is 4. The van der Waals surface area contributed by atoms with Gasteiger partial charge in [0.25, 0.3) is 0 Å². The van der Waals surface area contributed by atoms with Gasteiger partial charge in [-0.3, -0.25) is 19.2 Å². The number of halogens is 1. The summed E-state index contributed by atoms with van der Waals surface area (Å²) in [5.74, 6) is 1.39. The summed E-state index contributed by atoms with van der Waals surface area (Å²) in [6.45, 7) is 2.28. The maximum absolute atomic E-state index is 10.5. The van der Waals surface area contributed by atoms with Crippen LogP contribution in [0.4, 0.5) is 0 Å². The fraction of sp³-hybridized carbons (Fsp3) is 0.176. The van der Waals surface area contributed by atoms with Crippen LogP contribution in [0.15, 0.2) is 65.1 Å². The maximum Gasteiger partial charge on any atom is 0.200 e. The van der Waals surface area contributed by atoms with E-state index in [1.54, 1.807) is 18.2 Å². The number of phenolic OH excluding ortho intramolecular Hbond substituents is 4. The van der Waals surface area contributed by atoms with E-state index >= 15 is 0 Å². The zero-order chi connectivity index (χ0) is 36.2. The summed E-state index contributed by atoms with van der Waals surface area (Å²) < 4.78 is 24.7. The topological polar surface area (TPSA) is 195 Å². The van der Waals surface area contributed by atoms with Gasteiger partial charge in [0.2, 0.25) is 5.75 Å². The van der Waals surface area contributed by atoms with Gasteiger partial charge in [0.1, 0.15) is 18.9 Å². The van der Waals surface area contributed by atoms with E-state index in [2.05, 4.69) is 15.9 Å². The molecule has 4 N–H and O–H groups in total. The lowest BCUT2D eigenvalue weighted by Crippen LogP contribution is -1.92. The summed E-state index contributed by atoms with van der Waals surface area (Å²) >= 11 is 3.07. The monoisotopic (exact) mass is 730 g/mol. The minimum Gasteiger partial charge on any atom is -0.504 e. The standard InChI is InChI=1S/C9H10O4.C9H10O3.C8H7BrO3.C8H8O3/c1-12-7-3-6(5-10)4-8(13-2)9(7)11;1-2-12-9-5-7(6-10)3-4-8(9)11;1-12-6-3-2-5(4-10)7(9)8(6)11;1-11-8-3-2-6(5-9)4-7(8)10/h3-5,11H,1-2H3;3-6,11H,2H2,1H3;2-4,11H,1H3;2-5,10H,1H3. The van der Waals surface area contributed by atoms with E-state index in [0.717, 1.165) is 0 Å². The Bertz CT molecular complexity index is 1650. The van der Waals surface area contributed by atoms with Crippen LogP contribution in [0, 0.1) is 0 Å². The molecule has 0 aromatic heterocycles. The molecule has 0 unspecified atom stereocenters. The predicted molar refractivity (Wildman–Crippen MR) is 179 cm³/mol. The molecule has 0 heterocycles. The summed E-state index contributed by atoms with van der Waals surface area (Å²) in [6.07, 6.45) is 2.69. The summed E-state index contributed by atoms with van der Waals surface area (Å²) in [4.78, 5) is 41.4. The molecule has 0 aliphatic carbocycles. The van der Waals surface area contributed by atoms with E-state index in [4.69, 9.17) is 28.8 Å². The zero-order valence-electron chi connectivity index (χ0n) is 26.6. The normalized spacial score (nSPS) is 9.38. The zero-order valence-corrected chi connectivity index (χ0v) is 28.2. The first kappa shape index (κ1) is 40.3. The van der Waals surface area contributed by atoms with Gasteiger partial charge in [-0.15, -0.1) is 0 Å². The van der Waals surface area contributed by atoms with Crippen molar-refractivity contribution < 1.29 is 63.3 Å². The van der Waals surface area contributed by atoms with E-state index in [9.17, 15) is 34.5 Å². The molecule has 4 rings (SSSR count). The molecule has 0 fully saturated rings. The van der Waals surface area contributed by atoms with Gasteiger partial charge in [0.05, 0.1) is 39.5 Å². The van der Waals surface area contributed by atoms with E-state index in [1.807, 2.05) is 6.92 Å². The van der Waals surface area contributed by atoms with Crippen molar-refractivity contribution in [3.05, 3.63) is 87.4 Å². The smallest absolute Gasteiger partial charge is 0.200 e. The molecule has 0 saturated carbocycles. The molecule has 4 aromatic rings. The molecule has 0 atom stereocenters. The highest BCUT2D eigenvalue weighted by molar-refractivity contribution is 9.10. The fourth-order valence-electron chi connectivity index (χ4n) is 3.46. The number of hydrogen-bond acceptors (Lipinski definition) is 13. The predicted octanol–water partition coefficient (Wildman–Crippen LogP) is 6.01. The number of carbonyl (C=O) groups excluding carboxylic acids is 4. The molecule has 0 aliphatic heterocycles. The number of phenols is 4. The summed E-state index contributed by atoms with van der Waals surface area (Å²) in [6, 6.07) is 14.9. The lowest BCUT2D eigenvalue weighted by molar-refractivity contribution is 0.111. The van der Waals surface area contributed by atoms with Crippen LogP contribution in [0.1, 0.15) is 48.4 Å². The van der Waals surface area contributed by atoms with Crippen molar-refractivity contribution in [2.45, 2.75) is 6.92 Å². The van der Waals surface area contributed by atoms with E-state index in [0.29, 0.717) is 75.7 Å². The average Bonchev–Trinajstić information content (AvgIpc) is 3.11. The van der Waals surface area contributed by atoms with Crippen molar-refractivity contribution >= 4 is 41.1 Å². The Balaban J connectivity index is 0.000000320. The van der Waals surface area contributed by atoms with Crippen LogP contribution in [0.2, 0.25) is 0 Å². The summed E-state index contributed by atoms with van der Waals surface area (Å²) in [5.41, 5.74) is 1.72. The van der Waals surface area contributed by atoms with Crippen molar-refractivity contribution in [2.75, 3.05) is 35.0 Å². The first-order valence-electron chi connectivity index (χ1n) is 13.6. The third-order valence-corrected chi connectivity index (χ3v) is 6.69. The highest BCUT2D eigenvalue weighted by Gasteiger charge is 2.11. The Labute approximate surface area is 285 Å². The Kier molecular flexibility index (Phi) is 17.7. The van der Waals surface area contributed by atoms with Crippen molar-refractivity contribution in [3.63, 3.8) is 0 Å². The molecule has 256 valence electrons. The van der Waals surface area contributed by atoms with Crippen LogP contribution < -0.4 is 23.7 Å². The molecule has 0 saturated heterocycles. The second-order valence-electron chi connectivity index (χ2n) is 8.86. The van der Waals surface area contributed by atoms with Crippen LogP contribution >= 0.6 is 15.9 Å². The van der Waals surface area contributed by atoms with Gasteiger partial charge >= 0.3 is 0 Å². The van der Waals surface area contributed by atoms with Gasteiger partial charge in [-0.2, -0.15) is 0 Å². The van der Waals surface area contributed by atoms with Gasteiger partial charge in [-0.1, -0.05) is 0 Å². The van der Waals surface area contributed by atoms with Crippen molar-refractivity contribution in [1.29, 1.82) is 0 Å². The molecule has 0 aliphatic rings. The molecule has 0 spiro atoms. The fourth-order valence-corrected chi connectivity index (χ4v) is 3.88. The number of ether oxygens (including phenoxy) is 5. The molecule has 0 amide bonds. The van der Waals surface area contributed by atoms with Gasteiger partial charge in [-0.25, -0.2) is 0 Å². The SMILES string of the molecule is CCOc1cc(C=O)ccc1O.COc1cc(C=O)cc(OC)c1O.COc1ccc(C=O)c(Br)c1O.COc1ccc(C=O)cc1O. The number of carbonyl (C=O) groups is 4. The Hall–Kier alpha value is -5.76. The number of hydrogen-bond donors (Lipinski definition) is 4. The Morgan fingerprint density at radius 3 is 1.48 bits per heavy atom.